The lowest BCUT2D eigenvalue weighted by Gasteiger charge is -2.33. The molecule has 1 aliphatic carbocycles. The molecule has 0 unspecified atom stereocenters. The van der Waals surface area contributed by atoms with E-state index in [1.165, 1.54) is 12.8 Å². The number of nitro groups is 1. The van der Waals surface area contributed by atoms with E-state index < -0.39 is 0 Å². The van der Waals surface area contributed by atoms with Crippen LogP contribution in [0.4, 0.5) is 11.5 Å². The maximum atomic E-state index is 10.8. The van der Waals surface area contributed by atoms with E-state index in [0.29, 0.717) is 11.7 Å². The standard InChI is InChI=1S/C14H20N4O2/c1-10-13(18(19)20)4-5-14(15-10)17-8-6-12(7-9-17)16-11-2-3-11/h4-5,11-12,16H,2-3,6-9H2,1H3. The molecule has 1 aromatic rings. The molecule has 1 saturated carbocycles. The van der Waals surface area contributed by atoms with Crippen molar-refractivity contribution < 1.29 is 4.92 Å². The molecule has 0 bridgehead atoms. The van der Waals surface area contributed by atoms with E-state index in [-0.39, 0.29) is 10.6 Å². The molecule has 1 saturated heterocycles. The third-order valence-corrected chi connectivity index (χ3v) is 4.11. The fourth-order valence-electron chi connectivity index (χ4n) is 2.77. The Morgan fingerprint density at radius 3 is 2.45 bits per heavy atom. The zero-order valence-electron chi connectivity index (χ0n) is 11.7. The first-order chi connectivity index (χ1) is 9.63. The molecule has 0 atom stereocenters. The Morgan fingerprint density at radius 1 is 1.25 bits per heavy atom. The summed E-state index contributed by atoms with van der Waals surface area (Å²) in [4.78, 5) is 17.0. The first-order valence-corrected chi connectivity index (χ1v) is 7.26. The molecule has 1 N–H and O–H groups in total. The normalized spacial score (nSPS) is 20.1. The van der Waals surface area contributed by atoms with Crippen molar-refractivity contribution in [2.24, 2.45) is 0 Å². The maximum absolute atomic E-state index is 10.8. The zero-order valence-corrected chi connectivity index (χ0v) is 11.7. The highest BCUT2D eigenvalue weighted by Crippen LogP contribution is 2.25. The minimum Gasteiger partial charge on any atom is -0.356 e. The van der Waals surface area contributed by atoms with Crippen LogP contribution in [0.3, 0.4) is 0 Å². The fraction of sp³-hybridized carbons (Fsp3) is 0.643. The van der Waals surface area contributed by atoms with Gasteiger partial charge in [-0.3, -0.25) is 10.1 Å². The molecule has 6 nitrogen and oxygen atoms in total. The second kappa shape index (κ2) is 5.36. The Kier molecular flexibility index (Phi) is 3.56. The van der Waals surface area contributed by atoms with Crippen molar-refractivity contribution in [3.8, 4) is 0 Å². The number of anilines is 1. The van der Waals surface area contributed by atoms with Crippen LogP contribution in [0.5, 0.6) is 0 Å². The minimum atomic E-state index is -0.377. The van der Waals surface area contributed by atoms with Crippen molar-refractivity contribution in [1.82, 2.24) is 10.3 Å². The van der Waals surface area contributed by atoms with Gasteiger partial charge in [-0.1, -0.05) is 0 Å². The summed E-state index contributed by atoms with van der Waals surface area (Å²) in [5, 5.41) is 14.5. The second-order valence-corrected chi connectivity index (χ2v) is 5.73. The van der Waals surface area contributed by atoms with Crippen LogP contribution >= 0.6 is 0 Å². The number of nitrogens with zero attached hydrogens (tertiary/aromatic N) is 3. The number of hydrogen-bond acceptors (Lipinski definition) is 5. The van der Waals surface area contributed by atoms with Gasteiger partial charge in [-0.25, -0.2) is 4.98 Å². The molecular formula is C14H20N4O2. The van der Waals surface area contributed by atoms with Gasteiger partial charge in [-0.15, -0.1) is 0 Å². The first kappa shape index (κ1) is 13.3. The summed E-state index contributed by atoms with van der Waals surface area (Å²) in [6, 6.07) is 4.70. The van der Waals surface area contributed by atoms with Crippen LogP contribution in [0.25, 0.3) is 0 Å². The maximum Gasteiger partial charge on any atom is 0.290 e. The predicted molar refractivity (Wildman–Crippen MR) is 77.0 cm³/mol. The van der Waals surface area contributed by atoms with Crippen LogP contribution in [0, 0.1) is 17.0 Å². The summed E-state index contributed by atoms with van der Waals surface area (Å²) < 4.78 is 0. The van der Waals surface area contributed by atoms with Crippen LogP contribution in [0.15, 0.2) is 12.1 Å². The Balaban J connectivity index is 1.62. The minimum absolute atomic E-state index is 0.0963. The molecule has 2 fully saturated rings. The van der Waals surface area contributed by atoms with E-state index in [0.717, 1.165) is 37.8 Å². The highest BCUT2D eigenvalue weighted by atomic mass is 16.6. The second-order valence-electron chi connectivity index (χ2n) is 5.73. The van der Waals surface area contributed by atoms with E-state index in [4.69, 9.17) is 0 Å². The lowest BCUT2D eigenvalue weighted by Crippen LogP contribution is -2.43. The molecule has 0 spiro atoms. The van der Waals surface area contributed by atoms with E-state index in [9.17, 15) is 10.1 Å². The van der Waals surface area contributed by atoms with Crippen molar-refractivity contribution in [2.45, 2.75) is 44.7 Å². The largest absolute Gasteiger partial charge is 0.356 e. The smallest absolute Gasteiger partial charge is 0.290 e. The van der Waals surface area contributed by atoms with Gasteiger partial charge in [-0.2, -0.15) is 0 Å². The van der Waals surface area contributed by atoms with Gasteiger partial charge in [0, 0.05) is 31.2 Å². The quantitative estimate of drug-likeness (QED) is 0.673. The summed E-state index contributed by atoms with van der Waals surface area (Å²) in [6.45, 7) is 3.63. The first-order valence-electron chi connectivity index (χ1n) is 7.26. The number of nitrogens with one attached hydrogen (secondary N) is 1. The molecular weight excluding hydrogens is 256 g/mol. The number of rotatable bonds is 4. The Hall–Kier alpha value is -1.69. The number of hydrogen-bond donors (Lipinski definition) is 1. The van der Waals surface area contributed by atoms with Crippen LogP contribution < -0.4 is 10.2 Å². The lowest BCUT2D eigenvalue weighted by molar-refractivity contribution is -0.385. The van der Waals surface area contributed by atoms with Gasteiger partial charge < -0.3 is 10.2 Å². The van der Waals surface area contributed by atoms with Crippen molar-refractivity contribution in [2.75, 3.05) is 18.0 Å². The van der Waals surface area contributed by atoms with Crippen molar-refractivity contribution in [1.29, 1.82) is 0 Å². The van der Waals surface area contributed by atoms with Crippen LogP contribution in [-0.2, 0) is 0 Å². The molecule has 2 aliphatic rings. The average molecular weight is 276 g/mol. The Bertz CT molecular complexity index is 508. The van der Waals surface area contributed by atoms with E-state index in [2.05, 4.69) is 15.2 Å². The number of aromatic nitrogens is 1. The van der Waals surface area contributed by atoms with Crippen molar-refractivity contribution in [3.63, 3.8) is 0 Å². The number of piperidine rings is 1. The van der Waals surface area contributed by atoms with E-state index >= 15 is 0 Å². The van der Waals surface area contributed by atoms with E-state index in [1.807, 2.05) is 0 Å². The van der Waals surface area contributed by atoms with Gasteiger partial charge in [0.05, 0.1) is 4.92 Å². The van der Waals surface area contributed by atoms with Gasteiger partial charge in [0.2, 0.25) is 0 Å². The highest BCUT2D eigenvalue weighted by molar-refractivity contribution is 5.47. The summed E-state index contributed by atoms with van der Waals surface area (Å²) in [7, 11) is 0. The SMILES string of the molecule is Cc1nc(N2CCC(NC3CC3)CC2)ccc1[N+](=O)[O-]. The molecule has 0 amide bonds. The van der Waals surface area contributed by atoms with Crippen molar-refractivity contribution in [3.05, 3.63) is 27.9 Å². The molecule has 6 heteroatoms. The summed E-state index contributed by atoms with van der Waals surface area (Å²) in [5.74, 6) is 0.859. The van der Waals surface area contributed by atoms with E-state index in [1.54, 1.807) is 19.1 Å². The van der Waals surface area contributed by atoms with Crippen molar-refractivity contribution >= 4 is 11.5 Å². The molecule has 0 radical (unpaired) electrons. The summed E-state index contributed by atoms with van der Waals surface area (Å²) >= 11 is 0. The molecule has 1 aromatic heterocycles. The topological polar surface area (TPSA) is 71.3 Å². The Morgan fingerprint density at radius 2 is 1.90 bits per heavy atom. The monoisotopic (exact) mass is 276 g/mol. The molecule has 3 rings (SSSR count). The average Bonchev–Trinajstić information content (AvgIpc) is 3.23. The molecule has 1 aliphatic heterocycles. The number of aryl methyl sites for hydroxylation is 1. The molecule has 0 aromatic carbocycles. The van der Waals surface area contributed by atoms with Gasteiger partial charge in [-0.05, 0) is 38.7 Å². The summed E-state index contributed by atoms with van der Waals surface area (Å²) in [6.07, 6.45) is 4.88. The number of pyridine rings is 1. The van der Waals surface area contributed by atoms with Crippen LogP contribution in [0.2, 0.25) is 0 Å². The molecule has 20 heavy (non-hydrogen) atoms. The molecule has 2 heterocycles. The third-order valence-electron chi connectivity index (χ3n) is 4.11. The van der Waals surface area contributed by atoms with Crippen LogP contribution in [0.1, 0.15) is 31.4 Å². The van der Waals surface area contributed by atoms with Gasteiger partial charge in [0.15, 0.2) is 0 Å². The van der Waals surface area contributed by atoms with Gasteiger partial charge >= 0.3 is 0 Å². The van der Waals surface area contributed by atoms with Gasteiger partial charge in [0.25, 0.3) is 5.69 Å². The predicted octanol–water partition coefficient (Wildman–Crippen LogP) is 2.02. The third kappa shape index (κ3) is 2.90. The fourth-order valence-corrected chi connectivity index (χ4v) is 2.77. The highest BCUT2D eigenvalue weighted by Gasteiger charge is 2.27. The molecule has 108 valence electrons. The van der Waals surface area contributed by atoms with Gasteiger partial charge in [0.1, 0.15) is 11.5 Å². The summed E-state index contributed by atoms with van der Waals surface area (Å²) in [5.41, 5.74) is 0.588. The van der Waals surface area contributed by atoms with Crippen LogP contribution in [-0.4, -0.2) is 35.1 Å². The lowest BCUT2D eigenvalue weighted by atomic mass is 10.0. The Labute approximate surface area is 118 Å². The zero-order chi connectivity index (χ0) is 14.1.